The molecule has 0 heterocycles. The number of rotatable bonds is 0. The fraction of sp³-hybridized carbons (Fsp3) is 0.412. The van der Waals surface area contributed by atoms with Crippen LogP contribution in [-0.4, -0.2) is 10.2 Å². The second-order valence-corrected chi connectivity index (χ2v) is 5.98. The Morgan fingerprint density at radius 1 is 1.05 bits per heavy atom. The second-order valence-electron chi connectivity index (χ2n) is 5.98. The van der Waals surface area contributed by atoms with E-state index in [9.17, 15) is 10.2 Å². The summed E-state index contributed by atoms with van der Waals surface area (Å²) in [6.45, 7) is 6.40. The third kappa shape index (κ3) is 1.78. The average Bonchev–Trinajstić information content (AvgIpc) is 2.35. The van der Waals surface area contributed by atoms with E-state index in [4.69, 9.17) is 0 Å². The van der Waals surface area contributed by atoms with Gasteiger partial charge in [0, 0.05) is 5.39 Å². The van der Waals surface area contributed by atoms with Gasteiger partial charge in [0.05, 0.1) is 0 Å². The van der Waals surface area contributed by atoms with Crippen molar-refractivity contribution in [3.63, 3.8) is 0 Å². The highest BCUT2D eigenvalue weighted by atomic mass is 16.3. The van der Waals surface area contributed by atoms with Crippen molar-refractivity contribution >= 4 is 10.8 Å². The van der Waals surface area contributed by atoms with E-state index in [-0.39, 0.29) is 11.5 Å². The molecule has 3 rings (SSSR count). The average molecular weight is 256 g/mol. The summed E-state index contributed by atoms with van der Waals surface area (Å²) >= 11 is 0. The van der Waals surface area contributed by atoms with Crippen molar-refractivity contribution in [3.05, 3.63) is 34.4 Å². The summed E-state index contributed by atoms with van der Waals surface area (Å²) in [4.78, 5) is 0. The van der Waals surface area contributed by atoms with Crippen LogP contribution in [0.5, 0.6) is 11.5 Å². The van der Waals surface area contributed by atoms with Gasteiger partial charge in [-0.2, -0.15) is 0 Å². The Kier molecular flexibility index (Phi) is 2.70. The van der Waals surface area contributed by atoms with Crippen molar-refractivity contribution < 1.29 is 10.2 Å². The van der Waals surface area contributed by atoms with Crippen LogP contribution in [0.25, 0.3) is 10.8 Å². The highest BCUT2D eigenvalue weighted by molar-refractivity contribution is 5.97. The summed E-state index contributed by atoms with van der Waals surface area (Å²) in [5.74, 6) is 0.686. The molecule has 0 saturated carbocycles. The molecule has 2 aromatic rings. The van der Waals surface area contributed by atoms with Gasteiger partial charge in [0.25, 0.3) is 0 Å². The third-order valence-corrected chi connectivity index (χ3v) is 4.46. The van der Waals surface area contributed by atoms with Gasteiger partial charge in [-0.3, -0.25) is 0 Å². The predicted octanol–water partition coefficient (Wildman–Crippen LogP) is 3.99. The largest absolute Gasteiger partial charge is 0.504 e. The monoisotopic (exact) mass is 256 g/mol. The molecule has 1 atom stereocenters. The lowest BCUT2D eigenvalue weighted by Crippen LogP contribution is -2.13. The minimum absolute atomic E-state index is 0.0183. The molecule has 1 aliphatic rings. The van der Waals surface area contributed by atoms with E-state index >= 15 is 0 Å². The first-order valence-electron chi connectivity index (χ1n) is 6.95. The molecule has 2 nitrogen and oxygen atoms in total. The minimum Gasteiger partial charge on any atom is -0.504 e. The number of aromatic hydroxyl groups is 2. The Balaban J connectivity index is 2.44. The Labute approximate surface area is 113 Å². The van der Waals surface area contributed by atoms with Crippen LogP contribution in [0.3, 0.4) is 0 Å². The number of hydrogen-bond donors (Lipinski definition) is 2. The van der Waals surface area contributed by atoms with Crippen LogP contribution in [0, 0.1) is 19.8 Å². The van der Waals surface area contributed by atoms with Gasteiger partial charge in [0.15, 0.2) is 11.5 Å². The maximum Gasteiger partial charge on any atom is 0.165 e. The molecule has 0 aromatic heterocycles. The maximum atomic E-state index is 10.1. The van der Waals surface area contributed by atoms with Crippen LogP contribution >= 0.6 is 0 Å². The molecular weight excluding hydrogens is 236 g/mol. The summed E-state index contributed by atoms with van der Waals surface area (Å²) in [7, 11) is 0. The summed E-state index contributed by atoms with van der Waals surface area (Å²) in [6, 6.07) is 3.69. The van der Waals surface area contributed by atoms with E-state index in [0.717, 1.165) is 29.2 Å². The van der Waals surface area contributed by atoms with Crippen LogP contribution in [0.1, 0.15) is 35.6 Å². The van der Waals surface area contributed by atoms with Crippen LogP contribution in [0.4, 0.5) is 0 Å². The molecule has 0 bridgehead atoms. The van der Waals surface area contributed by atoms with E-state index in [2.05, 4.69) is 13.8 Å². The molecule has 0 radical (unpaired) electrons. The van der Waals surface area contributed by atoms with E-state index in [1.807, 2.05) is 13.0 Å². The van der Waals surface area contributed by atoms with Gasteiger partial charge in [0.2, 0.25) is 0 Å². The van der Waals surface area contributed by atoms with E-state index in [1.165, 1.54) is 23.1 Å². The lowest BCUT2D eigenvalue weighted by atomic mass is 9.79. The maximum absolute atomic E-state index is 10.1. The van der Waals surface area contributed by atoms with Crippen molar-refractivity contribution in [2.75, 3.05) is 0 Å². The van der Waals surface area contributed by atoms with Gasteiger partial charge in [-0.1, -0.05) is 6.92 Å². The van der Waals surface area contributed by atoms with Crippen molar-refractivity contribution in [1.29, 1.82) is 0 Å². The first-order valence-corrected chi connectivity index (χ1v) is 6.95. The number of hydrogen-bond acceptors (Lipinski definition) is 2. The molecule has 2 N–H and O–H groups in total. The quantitative estimate of drug-likeness (QED) is 0.700. The van der Waals surface area contributed by atoms with Crippen molar-refractivity contribution in [1.82, 2.24) is 0 Å². The Hall–Kier alpha value is -1.70. The third-order valence-electron chi connectivity index (χ3n) is 4.46. The SMILES string of the molecule is Cc1cc2c(O)c(O)cc(C)c2c2c1CC[C@H](C)C2. The number of aryl methyl sites for hydroxylation is 2. The van der Waals surface area contributed by atoms with Gasteiger partial charge in [-0.25, -0.2) is 0 Å². The smallest absolute Gasteiger partial charge is 0.165 e. The Morgan fingerprint density at radius 3 is 2.53 bits per heavy atom. The van der Waals surface area contributed by atoms with Gasteiger partial charge >= 0.3 is 0 Å². The highest BCUT2D eigenvalue weighted by Gasteiger charge is 2.22. The molecule has 19 heavy (non-hydrogen) atoms. The van der Waals surface area contributed by atoms with Crippen LogP contribution in [-0.2, 0) is 12.8 Å². The standard InChI is InChI=1S/C17H20O2/c1-9-4-5-12-10(2)7-14-16(13(12)6-9)11(3)8-15(18)17(14)19/h7-9,18-19H,4-6H2,1-3H3/t9-/m0/s1. The molecule has 0 spiro atoms. The van der Waals surface area contributed by atoms with Gasteiger partial charge < -0.3 is 10.2 Å². The van der Waals surface area contributed by atoms with Crippen molar-refractivity contribution in [2.24, 2.45) is 5.92 Å². The van der Waals surface area contributed by atoms with Crippen molar-refractivity contribution in [2.45, 2.75) is 40.0 Å². The first-order chi connectivity index (χ1) is 8.99. The molecule has 0 unspecified atom stereocenters. The van der Waals surface area contributed by atoms with E-state index in [0.29, 0.717) is 5.92 Å². The molecule has 2 heteroatoms. The predicted molar refractivity (Wildman–Crippen MR) is 77.9 cm³/mol. The van der Waals surface area contributed by atoms with Gasteiger partial charge in [-0.15, -0.1) is 0 Å². The summed E-state index contributed by atoms with van der Waals surface area (Å²) in [5.41, 5.74) is 5.10. The molecular formula is C17H20O2. The lowest BCUT2D eigenvalue weighted by Gasteiger charge is -2.26. The molecule has 100 valence electrons. The zero-order valence-corrected chi connectivity index (χ0v) is 11.7. The summed E-state index contributed by atoms with van der Waals surface area (Å²) in [6.07, 6.45) is 3.43. The summed E-state index contributed by atoms with van der Waals surface area (Å²) in [5, 5.41) is 21.9. The van der Waals surface area contributed by atoms with E-state index < -0.39 is 0 Å². The molecule has 0 aliphatic heterocycles. The molecule has 2 aromatic carbocycles. The van der Waals surface area contributed by atoms with E-state index in [1.54, 1.807) is 6.07 Å². The number of phenolic OH excluding ortho intramolecular Hbond substituents is 2. The Bertz CT molecular complexity index is 671. The number of benzene rings is 2. The summed E-state index contributed by atoms with van der Waals surface area (Å²) < 4.78 is 0. The minimum atomic E-state index is -0.0202. The lowest BCUT2D eigenvalue weighted by molar-refractivity contribution is 0.408. The fourth-order valence-corrected chi connectivity index (χ4v) is 3.46. The molecule has 0 amide bonds. The molecule has 1 aliphatic carbocycles. The second kappa shape index (κ2) is 4.16. The fourth-order valence-electron chi connectivity index (χ4n) is 3.46. The topological polar surface area (TPSA) is 40.5 Å². The normalized spacial score (nSPS) is 18.6. The zero-order chi connectivity index (χ0) is 13.7. The van der Waals surface area contributed by atoms with Crippen LogP contribution < -0.4 is 0 Å². The zero-order valence-electron chi connectivity index (χ0n) is 11.7. The number of phenols is 2. The van der Waals surface area contributed by atoms with Crippen molar-refractivity contribution in [3.8, 4) is 11.5 Å². The molecule has 0 saturated heterocycles. The number of fused-ring (bicyclic) bond motifs is 3. The highest BCUT2D eigenvalue weighted by Crippen LogP contribution is 2.42. The first kappa shape index (κ1) is 12.3. The van der Waals surface area contributed by atoms with Crippen LogP contribution in [0.2, 0.25) is 0 Å². The Morgan fingerprint density at radius 2 is 1.79 bits per heavy atom. The molecule has 0 fully saturated rings. The van der Waals surface area contributed by atoms with Gasteiger partial charge in [0.1, 0.15) is 0 Å². The van der Waals surface area contributed by atoms with Crippen LogP contribution in [0.15, 0.2) is 12.1 Å². The van der Waals surface area contributed by atoms with Gasteiger partial charge in [-0.05, 0) is 78.8 Å².